The van der Waals surface area contributed by atoms with E-state index in [0.717, 1.165) is 23.3 Å². The van der Waals surface area contributed by atoms with E-state index in [-0.39, 0.29) is 0 Å². The van der Waals surface area contributed by atoms with Crippen LogP contribution >= 0.6 is 15.9 Å². The molecule has 0 heterocycles. The van der Waals surface area contributed by atoms with Gasteiger partial charge in [-0.05, 0) is 30.2 Å². The number of benzene rings is 1. The fourth-order valence-electron chi connectivity index (χ4n) is 1.41. The Morgan fingerprint density at radius 1 is 1.47 bits per heavy atom. The highest BCUT2D eigenvalue weighted by Gasteiger charge is 1.98. The summed E-state index contributed by atoms with van der Waals surface area (Å²) in [7, 11) is 0. The largest absolute Gasteiger partial charge is 0.488 e. The smallest absolute Gasteiger partial charge is 0.120 e. The van der Waals surface area contributed by atoms with E-state index in [1.807, 2.05) is 12.1 Å². The first kappa shape index (κ1) is 14.3. The number of nitrogens with one attached hydrogen (secondary N) is 1. The monoisotopic (exact) mass is 297 g/mol. The van der Waals surface area contributed by atoms with Gasteiger partial charge in [0.15, 0.2) is 0 Å². The third-order valence-electron chi connectivity index (χ3n) is 2.18. The first-order valence-corrected chi connectivity index (χ1v) is 6.63. The zero-order valence-corrected chi connectivity index (χ0v) is 12.1. The fraction of sp³-hybridized carbons (Fsp3) is 0.429. The molecule has 2 nitrogen and oxygen atoms in total. The van der Waals surface area contributed by atoms with Crippen LogP contribution < -0.4 is 10.1 Å². The minimum atomic E-state index is 0.503. The Balaban J connectivity index is 2.45. The van der Waals surface area contributed by atoms with Gasteiger partial charge in [0, 0.05) is 11.0 Å². The maximum atomic E-state index is 5.56. The van der Waals surface area contributed by atoms with Gasteiger partial charge in [-0.2, -0.15) is 0 Å². The van der Waals surface area contributed by atoms with Crippen molar-refractivity contribution in [1.82, 2.24) is 5.32 Å². The van der Waals surface area contributed by atoms with E-state index in [1.165, 1.54) is 5.56 Å². The van der Waals surface area contributed by atoms with Crippen LogP contribution in [-0.4, -0.2) is 13.2 Å². The highest BCUT2D eigenvalue weighted by molar-refractivity contribution is 9.11. The van der Waals surface area contributed by atoms with Gasteiger partial charge in [-0.1, -0.05) is 48.5 Å². The van der Waals surface area contributed by atoms with Crippen LogP contribution in [-0.2, 0) is 6.54 Å². The predicted molar refractivity (Wildman–Crippen MR) is 76.5 cm³/mol. The van der Waals surface area contributed by atoms with E-state index in [9.17, 15) is 0 Å². The molecule has 0 radical (unpaired) electrons. The van der Waals surface area contributed by atoms with Crippen molar-refractivity contribution in [3.05, 3.63) is 40.9 Å². The number of hydrogen-bond donors (Lipinski definition) is 1. The Morgan fingerprint density at radius 3 is 2.88 bits per heavy atom. The molecular formula is C14H20BrNO. The molecule has 0 unspecified atom stereocenters. The van der Waals surface area contributed by atoms with Crippen molar-refractivity contribution in [2.24, 2.45) is 5.92 Å². The molecule has 1 N–H and O–H groups in total. The number of ether oxygens (including phenoxy) is 1. The first-order chi connectivity index (χ1) is 8.08. The Bertz CT molecular complexity index is 363. The summed E-state index contributed by atoms with van der Waals surface area (Å²) >= 11 is 3.28. The van der Waals surface area contributed by atoms with E-state index in [0.29, 0.717) is 12.5 Å². The lowest BCUT2D eigenvalue weighted by Gasteiger charge is -2.09. The topological polar surface area (TPSA) is 21.3 Å². The van der Waals surface area contributed by atoms with Crippen molar-refractivity contribution in [2.75, 3.05) is 13.2 Å². The summed E-state index contributed by atoms with van der Waals surface area (Å²) in [6.07, 6.45) is 0. The number of rotatable bonds is 7. The van der Waals surface area contributed by atoms with Crippen molar-refractivity contribution in [2.45, 2.75) is 20.4 Å². The molecule has 0 amide bonds. The van der Waals surface area contributed by atoms with Crippen molar-refractivity contribution in [3.8, 4) is 5.75 Å². The second-order valence-electron chi connectivity index (χ2n) is 4.48. The van der Waals surface area contributed by atoms with Gasteiger partial charge in [-0.25, -0.2) is 0 Å². The standard InChI is InChI=1S/C14H20BrNO/c1-11(2)8-16-9-13-5-4-6-14(7-13)17-10-12(3)15/h4-7,11,16H,3,8-10H2,1-2H3. The molecule has 94 valence electrons. The maximum Gasteiger partial charge on any atom is 0.120 e. The van der Waals surface area contributed by atoms with Crippen molar-refractivity contribution >= 4 is 15.9 Å². The third-order valence-corrected chi connectivity index (χ3v) is 2.40. The molecule has 0 spiro atoms. The molecule has 0 atom stereocenters. The Morgan fingerprint density at radius 2 is 2.24 bits per heavy atom. The lowest BCUT2D eigenvalue weighted by molar-refractivity contribution is 0.360. The Hall–Kier alpha value is -0.800. The van der Waals surface area contributed by atoms with Gasteiger partial charge in [0.1, 0.15) is 12.4 Å². The zero-order chi connectivity index (χ0) is 12.7. The molecule has 0 saturated heterocycles. The van der Waals surface area contributed by atoms with Crippen LogP contribution in [0.15, 0.2) is 35.3 Å². The summed E-state index contributed by atoms with van der Waals surface area (Å²) < 4.78 is 6.41. The number of hydrogen-bond acceptors (Lipinski definition) is 2. The van der Waals surface area contributed by atoms with Crippen molar-refractivity contribution < 1.29 is 4.74 Å². The molecule has 0 saturated carbocycles. The second kappa shape index (κ2) is 7.51. The molecule has 0 bridgehead atoms. The summed E-state index contributed by atoms with van der Waals surface area (Å²) in [5.41, 5.74) is 1.24. The Labute approximate surface area is 112 Å². The molecule has 0 aliphatic heterocycles. The highest BCUT2D eigenvalue weighted by Crippen LogP contribution is 2.15. The van der Waals surface area contributed by atoms with E-state index in [2.05, 4.69) is 53.8 Å². The van der Waals surface area contributed by atoms with Gasteiger partial charge in [0.2, 0.25) is 0 Å². The molecule has 0 aromatic heterocycles. The average molecular weight is 298 g/mol. The Kier molecular flexibility index (Phi) is 6.30. The van der Waals surface area contributed by atoms with Crippen LogP contribution in [0.1, 0.15) is 19.4 Å². The lowest BCUT2D eigenvalue weighted by Crippen LogP contribution is -2.18. The van der Waals surface area contributed by atoms with Crippen LogP contribution in [0.25, 0.3) is 0 Å². The van der Waals surface area contributed by atoms with Crippen molar-refractivity contribution in [1.29, 1.82) is 0 Å². The lowest BCUT2D eigenvalue weighted by atomic mass is 10.2. The summed E-state index contributed by atoms with van der Waals surface area (Å²) in [4.78, 5) is 0. The summed E-state index contributed by atoms with van der Waals surface area (Å²) in [5, 5.41) is 3.41. The molecule has 3 heteroatoms. The van der Waals surface area contributed by atoms with Crippen LogP contribution in [0.4, 0.5) is 0 Å². The van der Waals surface area contributed by atoms with Gasteiger partial charge in [-0.15, -0.1) is 0 Å². The molecular weight excluding hydrogens is 278 g/mol. The van der Waals surface area contributed by atoms with Gasteiger partial charge >= 0.3 is 0 Å². The van der Waals surface area contributed by atoms with Crippen LogP contribution in [0, 0.1) is 5.92 Å². The number of halogens is 1. The van der Waals surface area contributed by atoms with E-state index in [4.69, 9.17) is 4.74 Å². The SMILES string of the molecule is C=C(Br)COc1cccc(CNCC(C)C)c1. The maximum absolute atomic E-state index is 5.56. The fourth-order valence-corrected chi connectivity index (χ4v) is 1.53. The first-order valence-electron chi connectivity index (χ1n) is 5.83. The van der Waals surface area contributed by atoms with Gasteiger partial charge in [0.05, 0.1) is 0 Å². The molecule has 0 fully saturated rings. The quantitative estimate of drug-likeness (QED) is 0.828. The third kappa shape index (κ3) is 6.49. The minimum absolute atomic E-state index is 0.503. The van der Waals surface area contributed by atoms with Gasteiger partial charge in [-0.3, -0.25) is 0 Å². The highest BCUT2D eigenvalue weighted by atomic mass is 79.9. The van der Waals surface area contributed by atoms with Crippen LogP contribution in [0.2, 0.25) is 0 Å². The normalized spacial score (nSPS) is 10.6. The molecule has 1 rings (SSSR count). The van der Waals surface area contributed by atoms with Gasteiger partial charge in [0.25, 0.3) is 0 Å². The molecule has 0 aliphatic rings. The van der Waals surface area contributed by atoms with E-state index < -0.39 is 0 Å². The molecule has 17 heavy (non-hydrogen) atoms. The second-order valence-corrected chi connectivity index (χ2v) is 5.60. The molecule has 1 aromatic rings. The molecule has 1 aromatic carbocycles. The van der Waals surface area contributed by atoms with E-state index in [1.54, 1.807) is 0 Å². The molecule has 0 aliphatic carbocycles. The van der Waals surface area contributed by atoms with Gasteiger partial charge < -0.3 is 10.1 Å². The van der Waals surface area contributed by atoms with E-state index >= 15 is 0 Å². The van der Waals surface area contributed by atoms with Crippen molar-refractivity contribution in [3.63, 3.8) is 0 Å². The van der Waals surface area contributed by atoms with Crippen LogP contribution in [0.3, 0.4) is 0 Å². The predicted octanol–water partition coefficient (Wildman–Crippen LogP) is 3.72. The van der Waals surface area contributed by atoms with Crippen LogP contribution in [0.5, 0.6) is 5.75 Å². The minimum Gasteiger partial charge on any atom is -0.488 e. The summed E-state index contributed by atoms with van der Waals surface area (Å²) in [6.45, 7) is 10.6. The summed E-state index contributed by atoms with van der Waals surface area (Å²) in [6, 6.07) is 8.13. The zero-order valence-electron chi connectivity index (χ0n) is 10.5. The summed E-state index contributed by atoms with van der Waals surface area (Å²) in [5.74, 6) is 1.56. The average Bonchev–Trinajstić information content (AvgIpc) is 2.26.